The van der Waals surface area contributed by atoms with Crippen LogP contribution in [0.4, 0.5) is 0 Å². The van der Waals surface area contributed by atoms with Crippen molar-refractivity contribution >= 4 is 18.9 Å². The van der Waals surface area contributed by atoms with Gasteiger partial charge >= 0.3 is 7.12 Å². The van der Waals surface area contributed by atoms with Gasteiger partial charge in [0.2, 0.25) is 11.8 Å². The molecule has 3 atom stereocenters. The SMILES string of the molecule is CC(=O)N[C@]1(C(=O)NC(C)(C)C)C[C@H](CCB(O)O)CC[C@H]1CN(C)C(C)C. The van der Waals surface area contributed by atoms with E-state index in [0.29, 0.717) is 25.4 Å². The van der Waals surface area contributed by atoms with Crippen molar-refractivity contribution in [1.29, 1.82) is 0 Å². The number of hydrogen-bond donors (Lipinski definition) is 4. The molecule has 1 fully saturated rings. The van der Waals surface area contributed by atoms with E-state index in [1.54, 1.807) is 0 Å². The minimum Gasteiger partial charge on any atom is -0.427 e. The summed E-state index contributed by atoms with van der Waals surface area (Å²) in [6, 6.07) is 0.336. The predicted octanol–water partition coefficient (Wildman–Crippen LogP) is 1.40. The third-order valence-electron chi connectivity index (χ3n) is 5.75. The van der Waals surface area contributed by atoms with E-state index in [2.05, 4.69) is 29.4 Å². The van der Waals surface area contributed by atoms with E-state index >= 15 is 0 Å². The van der Waals surface area contributed by atoms with Crippen LogP contribution < -0.4 is 10.6 Å². The van der Waals surface area contributed by atoms with Crippen LogP contribution in [0.15, 0.2) is 0 Å². The summed E-state index contributed by atoms with van der Waals surface area (Å²) >= 11 is 0. The number of rotatable bonds is 8. The Balaban J connectivity index is 3.23. The average Bonchev–Trinajstić information content (AvgIpc) is 2.52. The lowest BCUT2D eigenvalue weighted by atomic mass is 9.64. The van der Waals surface area contributed by atoms with Gasteiger partial charge in [0, 0.05) is 31.0 Å². The molecule has 28 heavy (non-hydrogen) atoms. The zero-order valence-electron chi connectivity index (χ0n) is 18.7. The fourth-order valence-corrected chi connectivity index (χ4v) is 4.10. The molecule has 0 heterocycles. The van der Waals surface area contributed by atoms with Crippen LogP contribution in [0, 0.1) is 11.8 Å². The molecule has 0 spiro atoms. The number of hydrogen-bond acceptors (Lipinski definition) is 5. The maximum Gasteiger partial charge on any atom is 0.451 e. The Morgan fingerprint density at radius 3 is 2.32 bits per heavy atom. The second-order valence-corrected chi connectivity index (χ2v) is 9.79. The van der Waals surface area contributed by atoms with E-state index in [0.717, 1.165) is 12.8 Å². The van der Waals surface area contributed by atoms with Gasteiger partial charge in [-0.25, -0.2) is 0 Å². The van der Waals surface area contributed by atoms with E-state index < -0.39 is 18.2 Å². The molecular weight excluding hydrogens is 357 g/mol. The molecule has 0 saturated heterocycles. The van der Waals surface area contributed by atoms with Crippen LogP contribution in [0.2, 0.25) is 6.32 Å². The summed E-state index contributed by atoms with van der Waals surface area (Å²) in [7, 11) is 0.697. The van der Waals surface area contributed by atoms with Crippen molar-refractivity contribution in [3.8, 4) is 0 Å². The summed E-state index contributed by atoms with van der Waals surface area (Å²) in [5.41, 5.74) is -1.41. The van der Waals surface area contributed by atoms with Crippen LogP contribution >= 0.6 is 0 Å². The fraction of sp³-hybridized carbons (Fsp3) is 0.900. The maximum absolute atomic E-state index is 13.5. The van der Waals surface area contributed by atoms with Gasteiger partial charge in [-0.05, 0) is 73.2 Å². The maximum atomic E-state index is 13.5. The van der Waals surface area contributed by atoms with Gasteiger partial charge in [-0.1, -0.05) is 6.42 Å². The zero-order chi connectivity index (χ0) is 21.7. The van der Waals surface area contributed by atoms with Crippen LogP contribution in [-0.4, -0.2) is 64.6 Å². The van der Waals surface area contributed by atoms with Gasteiger partial charge in [0.25, 0.3) is 0 Å². The lowest BCUT2D eigenvalue weighted by molar-refractivity contribution is -0.140. The van der Waals surface area contributed by atoms with Gasteiger partial charge in [0.15, 0.2) is 0 Å². The van der Waals surface area contributed by atoms with Gasteiger partial charge in [-0.2, -0.15) is 0 Å². The van der Waals surface area contributed by atoms with Gasteiger partial charge in [-0.15, -0.1) is 0 Å². The van der Waals surface area contributed by atoms with Gasteiger partial charge in [0.1, 0.15) is 5.54 Å². The average molecular weight is 397 g/mol. The molecule has 7 nitrogen and oxygen atoms in total. The summed E-state index contributed by atoms with van der Waals surface area (Å²) in [6.45, 7) is 12.2. The molecule has 0 unspecified atom stereocenters. The van der Waals surface area contributed by atoms with Crippen LogP contribution in [0.1, 0.15) is 67.2 Å². The van der Waals surface area contributed by atoms with Gasteiger partial charge in [0.05, 0.1) is 0 Å². The van der Waals surface area contributed by atoms with Crippen molar-refractivity contribution in [3.63, 3.8) is 0 Å². The molecule has 0 aromatic heterocycles. The quantitative estimate of drug-likeness (QED) is 0.464. The smallest absolute Gasteiger partial charge is 0.427 e. The summed E-state index contributed by atoms with van der Waals surface area (Å²) in [4.78, 5) is 27.8. The second-order valence-electron chi connectivity index (χ2n) is 9.79. The van der Waals surface area contributed by atoms with E-state index in [9.17, 15) is 19.6 Å². The van der Waals surface area contributed by atoms with Crippen molar-refractivity contribution in [2.45, 2.75) is 90.7 Å². The van der Waals surface area contributed by atoms with Crippen molar-refractivity contribution in [2.75, 3.05) is 13.6 Å². The molecule has 1 aliphatic carbocycles. The molecule has 4 N–H and O–H groups in total. The minimum atomic E-state index is -1.34. The summed E-state index contributed by atoms with van der Waals surface area (Å²) < 4.78 is 0. The molecule has 8 heteroatoms. The molecule has 0 bridgehead atoms. The first kappa shape index (κ1) is 24.9. The Hall–Kier alpha value is -1.12. The molecule has 0 radical (unpaired) electrons. The molecule has 162 valence electrons. The van der Waals surface area contributed by atoms with Crippen LogP contribution in [0.5, 0.6) is 0 Å². The second kappa shape index (κ2) is 10.1. The zero-order valence-corrected chi connectivity index (χ0v) is 18.7. The molecule has 0 aromatic rings. The van der Waals surface area contributed by atoms with Crippen molar-refractivity contribution in [1.82, 2.24) is 15.5 Å². The highest BCUT2D eigenvalue weighted by atomic mass is 16.4. The highest BCUT2D eigenvalue weighted by molar-refractivity contribution is 6.40. The molecule has 0 aliphatic heterocycles. The first-order chi connectivity index (χ1) is 12.8. The number of amides is 2. The largest absolute Gasteiger partial charge is 0.451 e. The molecular formula is C20H40BN3O4. The highest BCUT2D eigenvalue weighted by Crippen LogP contribution is 2.40. The molecule has 1 aliphatic rings. The lowest BCUT2D eigenvalue weighted by Gasteiger charge is -2.48. The third kappa shape index (κ3) is 7.37. The minimum absolute atomic E-state index is 0.0125. The Morgan fingerprint density at radius 2 is 1.86 bits per heavy atom. The highest BCUT2D eigenvalue weighted by Gasteiger charge is 2.51. The monoisotopic (exact) mass is 397 g/mol. The first-order valence-corrected chi connectivity index (χ1v) is 10.4. The molecule has 0 aromatic carbocycles. The summed E-state index contributed by atoms with van der Waals surface area (Å²) in [5, 5.41) is 24.6. The number of nitrogens with one attached hydrogen (secondary N) is 2. The normalized spacial score (nSPS) is 25.7. The van der Waals surface area contributed by atoms with Crippen LogP contribution in [0.3, 0.4) is 0 Å². The standard InChI is InChI=1S/C20H40BN3O4/c1-14(2)24(7)13-17-9-8-16(10-11-21(27)28)12-20(17,22-15(3)25)18(26)23-19(4,5)6/h14,16-17,27-28H,8-13H2,1-7H3,(H,22,25)(H,23,26)/t16-,17-,20+/m0/s1. The molecule has 2 amide bonds. The van der Waals surface area contributed by atoms with Crippen LogP contribution in [0.25, 0.3) is 0 Å². The van der Waals surface area contributed by atoms with Crippen molar-refractivity contribution < 1.29 is 19.6 Å². The van der Waals surface area contributed by atoms with Crippen molar-refractivity contribution in [2.24, 2.45) is 11.8 Å². The van der Waals surface area contributed by atoms with E-state index in [-0.39, 0.29) is 30.0 Å². The van der Waals surface area contributed by atoms with Gasteiger partial charge < -0.3 is 25.6 Å². The van der Waals surface area contributed by atoms with E-state index in [4.69, 9.17) is 0 Å². The topological polar surface area (TPSA) is 102 Å². The Labute approximate surface area is 170 Å². The van der Waals surface area contributed by atoms with E-state index in [1.807, 2.05) is 27.8 Å². The Bertz CT molecular complexity index is 536. The summed E-state index contributed by atoms with van der Waals surface area (Å²) in [5.74, 6) is -0.225. The molecule has 1 saturated carbocycles. The van der Waals surface area contributed by atoms with Crippen LogP contribution in [-0.2, 0) is 9.59 Å². The van der Waals surface area contributed by atoms with Crippen molar-refractivity contribution in [3.05, 3.63) is 0 Å². The predicted molar refractivity (Wildman–Crippen MR) is 113 cm³/mol. The summed E-state index contributed by atoms with van der Waals surface area (Å²) in [6.07, 6.45) is 3.12. The Morgan fingerprint density at radius 1 is 1.25 bits per heavy atom. The Kier molecular flexibility index (Phi) is 8.97. The first-order valence-electron chi connectivity index (χ1n) is 10.4. The molecule has 1 rings (SSSR count). The number of carbonyl (C=O) groups excluding carboxylic acids is 2. The fourth-order valence-electron chi connectivity index (χ4n) is 4.10. The lowest BCUT2D eigenvalue weighted by Crippen LogP contribution is -2.68. The third-order valence-corrected chi connectivity index (χ3v) is 5.75. The van der Waals surface area contributed by atoms with Gasteiger partial charge in [-0.3, -0.25) is 9.59 Å². The number of nitrogens with zero attached hydrogens (tertiary/aromatic N) is 1. The number of carbonyl (C=O) groups is 2. The van der Waals surface area contributed by atoms with E-state index in [1.165, 1.54) is 6.92 Å².